The van der Waals surface area contributed by atoms with Crippen molar-refractivity contribution in [2.75, 3.05) is 12.3 Å². The first-order valence-corrected chi connectivity index (χ1v) is 6.08. The van der Waals surface area contributed by atoms with E-state index in [1.807, 2.05) is 0 Å². The highest BCUT2D eigenvalue weighted by Crippen LogP contribution is 2.29. The van der Waals surface area contributed by atoms with Crippen LogP contribution in [0.2, 0.25) is 0 Å². The van der Waals surface area contributed by atoms with Gasteiger partial charge in [0.15, 0.2) is 0 Å². The number of rotatable bonds is 5. The molecule has 0 bridgehead atoms. The molecule has 4 nitrogen and oxygen atoms in total. The van der Waals surface area contributed by atoms with E-state index in [1.165, 1.54) is 0 Å². The molecule has 1 aromatic heterocycles. The summed E-state index contributed by atoms with van der Waals surface area (Å²) in [6.07, 6.45) is 1.59. The number of carbonyl (C=O) groups is 1. The van der Waals surface area contributed by atoms with Gasteiger partial charge in [0.2, 0.25) is 0 Å². The summed E-state index contributed by atoms with van der Waals surface area (Å²) < 4.78 is 35.3. The normalized spacial score (nSPS) is 11.1. The molecular formula is C10H12F3N3OS. The molecule has 0 saturated heterocycles. The van der Waals surface area contributed by atoms with Crippen LogP contribution < -0.4 is 10.6 Å². The average Bonchev–Trinajstić information content (AvgIpc) is 2.32. The molecule has 100 valence electrons. The first-order valence-electron chi connectivity index (χ1n) is 5.10. The summed E-state index contributed by atoms with van der Waals surface area (Å²) in [6.45, 7) is 0.192. The van der Waals surface area contributed by atoms with Crippen LogP contribution in [0.1, 0.15) is 5.69 Å². The van der Waals surface area contributed by atoms with Crippen LogP contribution in [0.5, 0.6) is 0 Å². The maximum atomic E-state index is 11.8. The van der Waals surface area contributed by atoms with Gasteiger partial charge in [-0.15, -0.1) is 0 Å². The number of hydrogen-bond donors (Lipinski definition) is 2. The predicted molar refractivity (Wildman–Crippen MR) is 63.0 cm³/mol. The molecule has 0 aromatic carbocycles. The Labute approximate surface area is 106 Å². The Balaban J connectivity index is 2.11. The summed E-state index contributed by atoms with van der Waals surface area (Å²) in [7, 11) is 0. The third-order valence-corrected chi connectivity index (χ3v) is 2.55. The molecule has 2 amide bonds. The first kappa shape index (κ1) is 14.6. The molecule has 0 radical (unpaired) electrons. The zero-order valence-electron chi connectivity index (χ0n) is 9.33. The topological polar surface area (TPSA) is 54.0 Å². The highest BCUT2D eigenvalue weighted by Gasteiger charge is 2.27. The minimum atomic E-state index is -4.26. The fourth-order valence-corrected chi connectivity index (χ4v) is 1.50. The van der Waals surface area contributed by atoms with Crippen LogP contribution in [0, 0.1) is 0 Å². The van der Waals surface area contributed by atoms with Gasteiger partial charge in [-0.2, -0.15) is 13.2 Å². The Bertz CT molecular complexity index is 372. The number of halogens is 3. The van der Waals surface area contributed by atoms with E-state index in [1.54, 1.807) is 24.4 Å². The average molecular weight is 279 g/mol. The minimum absolute atomic E-state index is 0.0434. The lowest BCUT2D eigenvalue weighted by molar-refractivity contribution is -0.0327. The number of hydrogen-bond acceptors (Lipinski definition) is 3. The SMILES string of the molecule is O=C(NCCSC(F)(F)F)NCc1ccccn1. The number of nitrogens with one attached hydrogen (secondary N) is 2. The largest absolute Gasteiger partial charge is 0.441 e. The van der Waals surface area contributed by atoms with Crippen LogP contribution in [0.15, 0.2) is 24.4 Å². The van der Waals surface area contributed by atoms with Crippen LogP contribution in [0.4, 0.5) is 18.0 Å². The predicted octanol–water partition coefficient (Wildman–Crippen LogP) is 2.13. The molecule has 8 heteroatoms. The molecule has 1 aromatic rings. The van der Waals surface area contributed by atoms with Gasteiger partial charge in [-0.05, 0) is 23.9 Å². The van der Waals surface area contributed by atoms with Gasteiger partial charge in [-0.1, -0.05) is 6.07 Å². The zero-order valence-corrected chi connectivity index (χ0v) is 10.1. The highest BCUT2D eigenvalue weighted by atomic mass is 32.2. The van der Waals surface area contributed by atoms with E-state index in [2.05, 4.69) is 15.6 Å². The molecule has 0 aliphatic heterocycles. The summed E-state index contributed by atoms with van der Waals surface area (Å²) in [5.41, 5.74) is -3.58. The zero-order chi connectivity index (χ0) is 13.4. The smallest absolute Gasteiger partial charge is 0.337 e. The molecule has 2 N–H and O–H groups in total. The molecule has 1 rings (SSSR count). The molecule has 18 heavy (non-hydrogen) atoms. The van der Waals surface area contributed by atoms with Gasteiger partial charge >= 0.3 is 11.5 Å². The summed E-state index contributed by atoms with van der Waals surface area (Å²) >= 11 is -0.165. The maximum Gasteiger partial charge on any atom is 0.441 e. The fraction of sp³-hybridized carbons (Fsp3) is 0.400. The number of alkyl halides is 3. The number of urea groups is 1. The lowest BCUT2D eigenvalue weighted by Gasteiger charge is -2.08. The third kappa shape index (κ3) is 7.00. The molecule has 1 heterocycles. The lowest BCUT2D eigenvalue weighted by atomic mass is 10.3. The summed E-state index contributed by atoms with van der Waals surface area (Å²) in [5.74, 6) is -0.208. The van der Waals surface area contributed by atoms with E-state index in [9.17, 15) is 18.0 Å². The van der Waals surface area contributed by atoms with Gasteiger partial charge in [0.25, 0.3) is 0 Å². The standard InChI is InChI=1S/C10H12F3N3OS/c11-10(12,13)18-6-5-15-9(17)16-7-8-3-1-2-4-14-8/h1-4H,5-7H2,(H2,15,16,17). The monoisotopic (exact) mass is 279 g/mol. The Morgan fingerprint density at radius 1 is 1.33 bits per heavy atom. The second-order valence-corrected chi connectivity index (χ2v) is 4.38. The summed E-state index contributed by atoms with van der Waals surface area (Å²) in [5, 5.41) is 4.82. The van der Waals surface area contributed by atoms with Gasteiger partial charge in [0, 0.05) is 18.5 Å². The number of carbonyl (C=O) groups excluding carboxylic acids is 1. The van der Waals surface area contributed by atoms with Gasteiger partial charge < -0.3 is 10.6 Å². The Hall–Kier alpha value is -1.44. The third-order valence-electron chi connectivity index (χ3n) is 1.81. The molecule has 0 aliphatic carbocycles. The number of thioether (sulfide) groups is 1. The summed E-state index contributed by atoms with van der Waals surface area (Å²) in [6, 6.07) is 4.75. The lowest BCUT2D eigenvalue weighted by Crippen LogP contribution is -2.36. The Kier molecular flexibility index (Phi) is 5.76. The van der Waals surface area contributed by atoms with Crippen molar-refractivity contribution in [3.63, 3.8) is 0 Å². The Morgan fingerprint density at radius 3 is 2.72 bits per heavy atom. The van der Waals surface area contributed by atoms with Gasteiger partial charge in [0.05, 0.1) is 12.2 Å². The van der Waals surface area contributed by atoms with Crippen molar-refractivity contribution < 1.29 is 18.0 Å². The molecule has 0 aliphatic rings. The minimum Gasteiger partial charge on any atom is -0.337 e. The molecule has 0 saturated carbocycles. The van der Waals surface area contributed by atoms with E-state index in [0.29, 0.717) is 5.69 Å². The second-order valence-electron chi connectivity index (χ2n) is 3.22. The van der Waals surface area contributed by atoms with Gasteiger partial charge in [-0.3, -0.25) is 4.98 Å². The van der Waals surface area contributed by atoms with E-state index in [-0.39, 0.29) is 30.6 Å². The van der Waals surface area contributed by atoms with Gasteiger partial charge in [0.1, 0.15) is 0 Å². The molecule has 0 atom stereocenters. The molecule has 0 spiro atoms. The first-order chi connectivity index (χ1) is 8.47. The van der Waals surface area contributed by atoms with Crippen molar-refractivity contribution in [3.05, 3.63) is 30.1 Å². The van der Waals surface area contributed by atoms with Crippen LogP contribution in [0.25, 0.3) is 0 Å². The summed E-state index contributed by atoms with van der Waals surface area (Å²) in [4.78, 5) is 15.2. The molecule has 0 fully saturated rings. The van der Waals surface area contributed by atoms with Crippen LogP contribution in [-0.4, -0.2) is 28.8 Å². The number of amides is 2. The molecular weight excluding hydrogens is 267 g/mol. The Morgan fingerprint density at radius 2 is 2.11 bits per heavy atom. The van der Waals surface area contributed by atoms with E-state index in [0.717, 1.165) is 0 Å². The number of pyridine rings is 1. The highest BCUT2D eigenvalue weighted by molar-refractivity contribution is 8.00. The van der Waals surface area contributed by atoms with E-state index < -0.39 is 11.5 Å². The van der Waals surface area contributed by atoms with Crippen molar-refractivity contribution in [1.29, 1.82) is 0 Å². The van der Waals surface area contributed by atoms with Gasteiger partial charge in [-0.25, -0.2) is 4.79 Å². The van der Waals surface area contributed by atoms with E-state index >= 15 is 0 Å². The van der Waals surface area contributed by atoms with Crippen LogP contribution >= 0.6 is 11.8 Å². The van der Waals surface area contributed by atoms with Crippen molar-refractivity contribution in [1.82, 2.24) is 15.6 Å². The molecule has 0 unspecified atom stereocenters. The number of nitrogens with zero attached hydrogens (tertiary/aromatic N) is 1. The fourth-order valence-electron chi connectivity index (χ4n) is 1.07. The van der Waals surface area contributed by atoms with Crippen molar-refractivity contribution in [2.45, 2.75) is 12.1 Å². The quantitative estimate of drug-likeness (QED) is 0.812. The van der Waals surface area contributed by atoms with E-state index in [4.69, 9.17) is 0 Å². The van der Waals surface area contributed by atoms with Crippen LogP contribution in [0.3, 0.4) is 0 Å². The van der Waals surface area contributed by atoms with Crippen LogP contribution in [-0.2, 0) is 6.54 Å². The van der Waals surface area contributed by atoms with Crippen molar-refractivity contribution in [2.24, 2.45) is 0 Å². The van der Waals surface area contributed by atoms with Crippen molar-refractivity contribution in [3.8, 4) is 0 Å². The maximum absolute atomic E-state index is 11.8. The second kappa shape index (κ2) is 7.10. The number of aromatic nitrogens is 1. The van der Waals surface area contributed by atoms with Crippen molar-refractivity contribution >= 4 is 17.8 Å².